The SMILES string of the molecule is CCN(CC)S(=O)(=O)c1ccc(Oc2ccccc2)c(NC(=O)c2ccc([S@](C)=O)cc2)c1. The minimum absolute atomic E-state index is 0.0543. The fourth-order valence-corrected chi connectivity index (χ4v) is 5.18. The summed E-state index contributed by atoms with van der Waals surface area (Å²) >= 11 is 0. The van der Waals surface area contributed by atoms with E-state index in [0.29, 0.717) is 35.0 Å². The lowest BCUT2D eigenvalue weighted by Crippen LogP contribution is -2.30. The standard InChI is InChI=1S/C24H26N2O5S2/c1-4-26(5-2)33(29,30)21-15-16-23(31-19-9-7-6-8-10-19)22(17-21)25-24(27)18-11-13-20(14-12-18)32(3)28/h6-17H,4-5H2,1-3H3,(H,25,27)/t32-/m0/s1. The molecule has 1 amide bonds. The Balaban J connectivity index is 1.99. The highest BCUT2D eigenvalue weighted by Gasteiger charge is 2.23. The van der Waals surface area contributed by atoms with Gasteiger partial charge in [0.05, 0.1) is 10.6 Å². The minimum Gasteiger partial charge on any atom is -0.455 e. The van der Waals surface area contributed by atoms with Crippen LogP contribution in [-0.2, 0) is 20.8 Å². The number of hydrogen-bond donors (Lipinski definition) is 1. The summed E-state index contributed by atoms with van der Waals surface area (Å²) in [4.78, 5) is 13.6. The molecule has 1 N–H and O–H groups in total. The summed E-state index contributed by atoms with van der Waals surface area (Å²) in [6.45, 7) is 4.19. The van der Waals surface area contributed by atoms with Gasteiger partial charge in [0, 0.05) is 40.6 Å². The van der Waals surface area contributed by atoms with Crippen LogP contribution in [0.4, 0.5) is 5.69 Å². The highest BCUT2D eigenvalue weighted by atomic mass is 32.2. The molecule has 1 atom stereocenters. The summed E-state index contributed by atoms with van der Waals surface area (Å²) in [7, 11) is -4.89. The van der Waals surface area contributed by atoms with Gasteiger partial charge < -0.3 is 10.1 Å². The van der Waals surface area contributed by atoms with Crippen molar-refractivity contribution in [2.45, 2.75) is 23.6 Å². The number of benzene rings is 3. The van der Waals surface area contributed by atoms with E-state index in [1.807, 2.05) is 18.2 Å². The number of anilines is 1. The molecule has 33 heavy (non-hydrogen) atoms. The molecule has 0 unspecified atom stereocenters. The molecule has 3 aromatic carbocycles. The van der Waals surface area contributed by atoms with Crippen LogP contribution in [-0.4, -0.2) is 42.2 Å². The van der Waals surface area contributed by atoms with Crippen molar-refractivity contribution in [2.24, 2.45) is 0 Å². The summed E-state index contributed by atoms with van der Waals surface area (Å²) in [6, 6.07) is 19.8. The maximum atomic E-state index is 13.0. The molecular weight excluding hydrogens is 460 g/mol. The fraction of sp³-hybridized carbons (Fsp3) is 0.208. The Morgan fingerprint density at radius 2 is 1.61 bits per heavy atom. The number of carbonyl (C=O) groups excluding carboxylic acids is 1. The Morgan fingerprint density at radius 1 is 0.970 bits per heavy atom. The average Bonchev–Trinajstić information content (AvgIpc) is 2.81. The lowest BCUT2D eigenvalue weighted by atomic mass is 10.2. The van der Waals surface area contributed by atoms with E-state index in [1.165, 1.54) is 22.5 Å². The predicted molar refractivity (Wildman–Crippen MR) is 130 cm³/mol. The molecule has 9 heteroatoms. The number of nitrogens with one attached hydrogen (secondary N) is 1. The van der Waals surface area contributed by atoms with Gasteiger partial charge in [-0.3, -0.25) is 9.00 Å². The van der Waals surface area contributed by atoms with Crippen molar-refractivity contribution >= 4 is 32.4 Å². The van der Waals surface area contributed by atoms with E-state index in [4.69, 9.17) is 4.74 Å². The Morgan fingerprint density at radius 3 is 2.18 bits per heavy atom. The van der Waals surface area contributed by atoms with Crippen molar-refractivity contribution in [3.63, 3.8) is 0 Å². The fourth-order valence-electron chi connectivity index (χ4n) is 3.18. The number of para-hydroxylation sites is 1. The van der Waals surface area contributed by atoms with Crippen LogP contribution in [0, 0.1) is 0 Å². The molecule has 0 bridgehead atoms. The smallest absolute Gasteiger partial charge is 0.255 e. The van der Waals surface area contributed by atoms with Gasteiger partial charge >= 0.3 is 0 Å². The van der Waals surface area contributed by atoms with Gasteiger partial charge in [-0.1, -0.05) is 32.0 Å². The van der Waals surface area contributed by atoms with E-state index >= 15 is 0 Å². The largest absolute Gasteiger partial charge is 0.455 e. The molecule has 0 aromatic heterocycles. The Hall–Kier alpha value is -3.01. The maximum Gasteiger partial charge on any atom is 0.255 e. The first-order chi connectivity index (χ1) is 15.8. The van der Waals surface area contributed by atoms with Crippen molar-refractivity contribution in [1.29, 1.82) is 0 Å². The number of ether oxygens (including phenoxy) is 1. The van der Waals surface area contributed by atoms with Crippen LogP contribution in [0.25, 0.3) is 0 Å². The van der Waals surface area contributed by atoms with Crippen molar-refractivity contribution < 1.29 is 22.2 Å². The quantitative estimate of drug-likeness (QED) is 0.481. The zero-order chi connectivity index (χ0) is 24.0. The highest BCUT2D eigenvalue weighted by molar-refractivity contribution is 7.89. The molecule has 0 aliphatic carbocycles. The van der Waals surface area contributed by atoms with Gasteiger partial charge in [-0.15, -0.1) is 0 Å². The average molecular weight is 487 g/mol. The first-order valence-electron chi connectivity index (χ1n) is 10.4. The van der Waals surface area contributed by atoms with Crippen LogP contribution < -0.4 is 10.1 Å². The predicted octanol–water partition coefficient (Wildman–Crippen LogP) is 4.50. The highest BCUT2D eigenvalue weighted by Crippen LogP contribution is 2.33. The molecule has 174 valence electrons. The zero-order valence-corrected chi connectivity index (χ0v) is 20.3. The molecule has 0 spiro atoms. The molecule has 0 saturated heterocycles. The van der Waals surface area contributed by atoms with Crippen molar-refractivity contribution in [3.05, 3.63) is 78.4 Å². The van der Waals surface area contributed by atoms with Crippen molar-refractivity contribution in [3.8, 4) is 11.5 Å². The van der Waals surface area contributed by atoms with E-state index in [-0.39, 0.29) is 10.6 Å². The zero-order valence-electron chi connectivity index (χ0n) is 18.6. The molecule has 0 aliphatic rings. The van der Waals surface area contributed by atoms with Gasteiger partial charge in [-0.2, -0.15) is 4.31 Å². The Labute approximate surface area is 196 Å². The Bertz CT molecular complexity index is 1240. The van der Waals surface area contributed by atoms with Crippen LogP contribution in [0.5, 0.6) is 11.5 Å². The third-order valence-electron chi connectivity index (χ3n) is 4.96. The third kappa shape index (κ3) is 5.87. The van der Waals surface area contributed by atoms with E-state index in [9.17, 15) is 17.4 Å². The topological polar surface area (TPSA) is 92.8 Å². The van der Waals surface area contributed by atoms with Gasteiger partial charge in [0.15, 0.2) is 5.75 Å². The second-order valence-corrected chi connectivity index (χ2v) is 10.4. The number of amides is 1. The molecule has 0 radical (unpaired) electrons. The molecule has 0 aliphatic heterocycles. The molecule has 0 fully saturated rings. The van der Waals surface area contributed by atoms with Gasteiger partial charge in [0.25, 0.3) is 5.91 Å². The normalized spacial score (nSPS) is 12.4. The van der Waals surface area contributed by atoms with Crippen LogP contribution >= 0.6 is 0 Å². The number of nitrogens with zero attached hydrogens (tertiary/aromatic N) is 1. The van der Waals surface area contributed by atoms with E-state index in [0.717, 1.165) is 0 Å². The first-order valence-corrected chi connectivity index (χ1v) is 13.4. The number of sulfonamides is 1. The second kappa shape index (κ2) is 10.7. The van der Waals surface area contributed by atoms with E-state index in [2.05, 4.69) is 5.32 Å². The lowest BCUT2D eigenvalue weighted by Gasteiger charge is -2.20. The summed E-state index contributed by atoms with van der Waals surface area (Å²) in [5.74, 6) is 0.403. The number of carbonyl (C=O) groups is 1. The molecule has 0 saturated carbocycles. The van der Waals surface area contributed by atoms with Crippen molar-refractivity contribution in [2.75, 3.05) is 24.7 Å². The van der Waals surface area contributed by atoms with E-state index < -0.39 is 26.7 Å². The summed E-state index contributed by atoms with van der Waals surface area (Å²) in [5.41, 5.74) is 0.562. The van der Waals surface area contributed by atoms with Crippen LogP contribution in [0.3, 0.4) is 0 Å². The molecule has 3 rings (SSSR count). The van der Waals surface area contributed by atoms with Gasteiger partial charge in [0.1, 0.15) is 5.75 Å². The van der Waals surface area contributed by atoms with Crippen LogP contribution in [0.2, 0.25) is 0 Å². The third-order valence-corrected chi connectivity index (χ3v) is 7.94. The van der Waals surface area contributed by atoms with Crippen molar-refractivity contribution in [1.82, 2.24) is 4.31 Å². The van der Waals surface area contributed by atoms with Crippen LogP contribution in [0.1, 0.15) is 24.2 Å². The Kier molecular flexibility index (Phi) is 8.01. The summed E-state index contributed by atoms with van der Waals surface area (Å²) < 4.78 is 44.9. The van der Waals surface area contributed by atoms with Gasteiger partial charge in [-0.05, 0) is 54.6 Å². The van der Waals surface area contributed by atoms with Crippen LogP contribution in [0.15, 0.2) is 82.6 Å². The summed E-state index contributed by atoms with van der Waals surface area (Å²) in [5, 5.41) is 2.76. The summed E-state index contributed by atoms with van der Waals surface area (Å²) in [6.07, 6.45) is 1.56. The monoisotopic (exact) mass is 486 g/mol. The minimum atomic E-state index is -3.74. The molecule has 0 heterocycles. The van der Waals surface area contributed by atoms with Gasteiger partial charge in [-0.25, -0.2) is 8.42 Å². The lowest BCUT2D eigenvalue weighted by molar-refractivity contribution is 0.102. The molecular formula is C24H26N2O5S2. The molecule has 7 nitrogen and oxygen atoms in total. The van der Waals surface area contributed by atoms with Gasteiger partial charge in [0.2, 0.25) is 10.0 Å². The number of hydrogen-bond acceptors (Lipinski definition) is 5. The maximum absolute atomic E-state index is 13.0. The van der Waals surface area contributed by atoms with E-state index in [1.54, 1.807) is 56.5 Å². The second-order valence-electron chi connectivity index (χ2n) is 7.10. The number of rotatable bonds is 9. The first kappa shape index (κ1) is 24.6. The molecule has 3 aromatic rings.